The van der Waals surface area contributed by atoms with Crippen LogP contribution in [0.3, 0.4) is 0 Å². The Labute approximate surface area is 147 Å². The van der Waals surface area contributed by atoms with Gasteiger partial charge in [0.15, 0.2) is 0 Å². The number of carbonyl (C=O) groups is 1. The van der Waals surface area contributed by atoms with Crippen LogP contribution in [-0.4, -0.2) is 40.1 Å². The fourth-order valence-electron chi connectivity index (χ4n) is 2.87. The van der Waals surface area contributed by atoms with Crippen LogP contribution in [-0.2, 0) is 4.79 Å². The number of hydrogen-bond acceptors (Lipinski definition) is 6. The Hall–Kier alpha value is -2.70. The Morgan fingerprint density at radius 3 is 3.00 bits per heavy atom. The zero-order valence-electron chi connectivity index (χ0n) is 14.3. The number of amides is 1. The molecule has 132 valence electrons. The summed E-state index contributed by atoms with van der Waals surface area (Å²) in [6.07, 6.45) is 7.76. The van der Waals surface area contributed by atoms with Gasteiger partial charge in [-0.15, -0.1) is 0 Å². The highest BCUT2D eigenvalue weighted by Crippen LogP contribution is 2.36. The van der Waals surface area contributed by atoms with Crippen LogP contribution >= 0.6 is 0 Å². The monoisotopic (exact) mass is 341 g/mol. The minimum absolute atomic E-state index is 0.0296. The van der Waals surface area contributed by atoms with Crippen LogP contribution in [0.25, 0.3) is 0 Å². The second-order valence-corrected chi connectivity index (χ2v) is 6.21. The molecule has 7 nitrogen and oxygen atoms in total. The second-order valence-electron chi connectivity index (χ2n) is 6.21. The van der Waals surface area contributed by atoms with E-state index in [1.54, 1.807) is 25.6 Å². The smallest absolute Gasteiger partial charge is 0.217 e. The molecule has 2 aromatic heterocycles. The fraction of sp³-hybridized carbons (Fsp3) is 0.444. The molecule has 2 aromatic rings. The molecule has 3 rings (SSSR count). The molecular formula is C18H23N5O2. The van der Waals surface area contributed by atoms with Crippen LogP contribution in [0.2, 0.25) is 0 Å². The normalized spacial score (nSPS) is 18.9. The predicted molar refractivity (Wildman–Crippen MR) is 94.5 cm³/mol. The molecule has 0 unspecified atom stereocenters. The zero-order chi connectivity index (χ0) is 17.5. The van der Waals surface area contributed by atoms with Gasteiger partial charge in [0.2, 0.25) is 5.91 Å². The van der Waals surface area contributed by atoms with Crippen LogP contribution in [0, 0.1) is 0 Å². The summed E-state index contributed by atoms with van der Waals surface area (Å²) in [6.45, 7) is 2.95. The maximum atomic E-state index is 11.0. The molecule has 0 saturated heterocycles. The molecule has 0 spiro atoms. The summed E-state index contributed by atoms with van der Waals surface area (Å²) in [5.74, 6) is 2.04. The number of anilines is 1. The number of ether oxygens (including phenoxy) is 1. The van der Waals surface area contributed by atoms with Crippen LogP contribution in [0.15, 0.2) is 36.9 Å². The molecule has 1 amide bonds. The molecule has 2 N–H and O–H groups in total. The lowest BCUT2D eigenvalue weighted by Crippen LogP contribution is -2.42. The van der Waals surface area contributed by atoms with Gasteiger partial charge in [0.25, 0.3) is 0 Å². The molecule has 1 fully saturated rings. The highest BCUT2D eigenvalue weighted by Gasteiger charge is 2.31. The van der Waals surface area contributed by atoms with E-state index in [1.807, 2.05) is 18.2 Å². The zero-order valence-corrected chi connectivity index (χ0v) is 14.3. The molecule has 1 aliphatic carbocycles. The molecule has 0 aromatic carbocycles. The third-order valence-corrected chi connectivity index (χ3v) is 4.18. The van der Waals surface area contributed by atoms with Crippen molar-refractivity contribution in [1.29, 1.82) is 0 Å². The molecule has 1 saturated carbocycles. The molecule has 25 heavy (non-hydrogen) atoms. The Bertz CT molecular complexity index is 689. The average molecular weight is 341 g/mol. The Morgan fingerprint density at radius 1 is 1.36 bits per heavy atom. The van der Waals surface area contributed by atoms with E-state index in [0.717, 1.165) is 43.1 Å². The highest BCUT2D eigenvalue weighted by molar-refractivity contribution is 5.73. The summed E-state index contributed by atoms with van der Waals surface area (Å²) in [5, 5.41) is 6.24. The van der Waals surface area contributed by atoms with E-state index < -0.39 is 0 Å². The quantitative estimate of drug-likeness (QED) is 0.715. The summed E-state index contributed by atoms with van der Waals surface area (Å²) in [6, 6.07) is 6.02. The standard InChI is InChI=1S/C18H23N5O2/c1-13(24)23-15-8-14(9-15)17-10-18(22-12-21-17)20-6-3-7-25-16-4-2-5-19-11-16/h2,4-5,10-12,14-15H,3,6-9H2,1H3,(H,23,24)(H,20,21,22). The lowest BCUT2D eigenvalue weighted by atomic mass is 9.78. The molecule has 0 aliphatic heterocycles. The first kappa shape index (κ1) is 17.1. The molecule has 0 bridgehead atoms. The molecule has 0 radical (unpaired) electrons. The van der Waals surface area contributed by atoms with Gasteiger partial charge in [0, 0.05) is 43.4 Å². The van der Waals surface area contributed by atoms with Crippen LogP contribution < -0.4 is 15.4 Å². The van der Waals surface area contributed by atoms with Gasteiger partial charge in [-0.2, -0.15) is 0 Å². The largest absolute Gasteiger partial charge is 0.492 e. The molecular weight excluding hydrogens is 318 g/mol. The minimum Gasteiger partial charge on any atom is -0.492 e. The van der Waals surface area contributed by atoms with E-state index in [9.17, 15) is 4.79 Å². The third kappa shape index (κ3) is 5.14. The average Bonchev–Trinajstić information content (AvgIpc) is 2.58. The first-order valence-corrected chi connectivity index (χ1v) is 8.56. The summed E-state index contributed by atoms with van der Waals surface area (Å²) in [7, 11) is 0. The first-order valence-electron chi connectivity index (χ1n) is 8.56. The Morgan fingerprint density at radius 2 is 2.24 bits per heavy atom. The van der Waals surface area contributed by atoms with Crippen LogP contribution in [0.5, 0.6) is 5.75 Å². The van der Waals surface area contributed by atoms with E-state index in [1.165, 1.54) is 0 Å². The number of nitrogens with zero attached hydrogens (tertiary/aromatic N) is 3. The SMILES string of the molecule is CC(=O)NC1CC(c2cc(NCCCOc3cccnc3)ncn2)C1. The van der Waals surface area contributed by atoms with Crippen LogP contribution in [0.4, 0.5) is 5.82 Å². The molecule has 1 aliphatic rings. The third-order valence-electron chi connectivity index (χ3n) is 4.18. The van der Waals surface area contributed by atoms with Gasteiger partial charge in [0.1, 0.15) is 17.9 Å². The summed E-state index contributed by atoms with van der Waals surface area (Å²) in [5.41, 5.74) is 1.03. The highest BCUT2D eigenvalue weighted by atomic mass is 16.5. The second kappa shape index (κ2) is 8.41. The van der Waals surface area contributed by atoms with E-state index in [-0.39, 0.29) is 11.9 Å². The van der Waals surface area contributed by atoms with Gasteiger partial charge in [-0.05, 0) is 31.4 Å². The van der Waals surface area contributed by atoms with Crippen LogP contribution in [0.1, 0.15) is 37.8 Å². The molecule has 0 atom stereocenters. The number of rotatable bonds is 8. The lowest BCUT2D eigenvalue weighted by molar-refractivity contribution is -0.120. The minimum atomic E-state index is 0.0296. The molecule has 2 heterocycles. The van der Waals surface area contributed by atoms with Gasteiger partial charge in [-0.1, -0.05) is 0 Å². The summed E-state index contributed by atoms with van der Waals surface area (Å²) in [4.78, 5) is 23.7. The van der Waals surface area contributed by atoms with Gasteiger partial charge in [-0.3, -0.25) is 9.78 Å². The lowest BCUT2D eigenvalue weighted by Gasteiger charge is -2.35. The van der Waals surface area contributed by atoms with Crippen molar-refractivity contribution in [3.05, 3.63) is 42.6 Å². The van der Waals surface area contributed by atoms with E-state index >= 15 is 0 Å². The molecule has 7 heteroatoms. The maximum Gasteiger partial charge on any atom is 0.217 e. The van der Waals surface area contributed by atoms with Crippen molar-refractivity contribution in [2.75, 3.05) is 18.5 Å². The van der Waals surface area contributed by atoms with Crippen molar-refractivity contribution >= 4 is 11.7 Å². The van der Waals surface area contributed by atoms with Crippen molar-refractivity contribution in [2.24, 2.45) is 0 Å². The van der Waals surface area contributed by atoms with Crippen molar-refractivity contribution in [3.8, 4) is 5.75 Å². The fourth-order valence-corrected chi connectivity index (χ4v) is 2.87. The maximum absolute atomic E-state index is 11.0. The van der Waals surface area contributed by atoms with Gasteiger partial charge >= 0.3 is 0 Å². The number of pyridine rings is 1. The predicted octanol–water partition coefficient (Wildman–Crippen LogP) is 2.13. The Balaban J connectivity index is 1.38. The van der Waals surface area contributed by atoms with Gasteiger partial charge in [-0.25, -0.2) is 9.97 Å². The van der Waals surface area contributed by atoms with E-state index in [0.29, 0.717) is 12.5 Å². The van der Waals surface area contributed by atoms with Crippen molar-refractivity contribution in [3.63, 3.8) is 0 Å². The number of aromatic nitrogens is 3. The Kier molecular flexibility index (Phi) is 5.77. The van der Waals surface area contributed by atoms with E-state index in [2.05, 4.69) is 25.6 Å². The van der Waals surface area contributed by atoms with Gasteiger partial charge in [0.05, 0.1) is 12.8 Å². The number of carbonyl (C=O) groups excluding carboxylic acids is 1. The topological polar surface area (TPSA) is 89.0 Å². The summed E-state index contributed by atoms with van der Waals surface area (Å²) >= 11 is 0. The van der Waals surface area contributed by atoms with Crippen molar-refractivity contribution in [2.45, 2.75) is 38.1 Å². The summed E-state index contributed by atoms with van der Waals surface area (Å²) < 4.78 is 5.61. The first-order chi connectivity index (χ1) is 12.2. The van der Waals surface area contributed by atoms with Crippen molar-refractivity contribution < 1.29 is 9.53 Å². The van der Waals surface area contributed by atoms with E-state index in [4.69, 9.17) is 4.74 Å². The number of nitrogens with one attached hydrogen (secondary N) is 2. The van der Waals surface area contributed by atoms with Gasteiger partial charge < -0.3 is 15.4 Å². The number of hydrogen-bond donors (Lipinski definition) is 2. The van der Waals surface area contributed by atoms with Crippen molar-refractivity contribution in [1.82, 2.24) is 20.3 Å².